The Morgan fingerprint density at radius 2 is 2.00 bits per heavy atom. The molecule has 0 saturated carbocycles. The third-order valence-corrected chi connectivity index (χ3v) is 4.91. The molecule has 1 unspecified atom stereocenters. The number of amides is 2. The summed E-state index contributed by atoms with van der Waals surface area (Å²) in [7, 11) is 0. The molecule has 2 aromatic rings. The molecule has 1 N–H and O–H groups in total. The molecule has 3 rings (SSSR count). The number of benzene rings is 1. The Hall–Kier alpha value is -2.89. The number of rotatable bonds is 8. The van der Waals surface area contributed by atoms with Gasteiger partial charge in [-0.25, -0.2) is 4.98 Å². The highest BCUT2D eigenvalue weighted by molar-refractivity contribution is 6.00. The van der Waals surface area contributed by atoms with Crippen molar-refractivity contribution in [1.29, 1.82) is 0 Å². The number of aryl methyl sites for hydroxylation is 1. The van der Waals surface area contributed by atoms with Crippen molar-refractivity contribution in [3.05, 3.63) is 53.7 Å². The molecule has 6 heteroatoms. The minimum Gasteiger partial charge on any atom is -0.477 e. The van der Waals surface area contributed by atoms with Crippen molar-refractivity contribution in [3.8, 4) is 5.88 Å². The van der Waals surface area contributed by atoms with E-state index in [0.29, 0.717) is 25.6 Å². The molecule has 1 fully saturated rings. The van der Waals surface area contributed by atoms with E-state index in [2.05, 4.69) is 17.2 Å². The third kappa shape index (κ3) is 4.50. The monoisotopic (exact) mass is 381 g/mol. The minimum atomic E-state index is -0.353. The second kappa shape index (κ2) is 9.35. The second-order valence-electron chi connectivity index (χ2n) is 6.92. The van der Waals surface area contributed by atoms with Gasteiger partial charge in [-0.15, -0.1) is 0 Å². The van der Waals surface area contributed by atoms with Crippen LogP contribution in [0.1, 0.15) is 37.8 Å². The summed E-state index contributed by atoms with van der Waals surface area (Å²) in [5.74, 6) is 0.0734. The van der Waals surface area contributed by atoms with Crippen molar-refractivity contribution in [3.63, 3.8) is 0 Å². The number of ether oxygens (including phenoxy) is 1. The van der Waals surface area contributed by atoms with Gasteiger partial charge in [0, 0.05) is 37.0 Å². The summed E-state index contributed by atoms with van der Waals surface area (Å²) in [6, 6.07) is 11.6. The number of hydrogen-bond acceptors (Lipinski definition) is 4. The lowest BCUT2D eigenvalue weighted by Crippen LogP contribution is -2.33. The minimum absolute atomic E-state index is 0.00519. The Morgan fingerprint density at radius 3 is 2.79 bits per heavy atom. The van der Waals surface area contributed by atoms with Crippen LogP contribution in [0.4, 0.5) is 5.69 Å². The largest absolute Gasteiger partial charge is 0.477 e. The molecule has 1 atom stereocenters. The summed E-state index contributed by atoms with van der Waals surface area (Å²) in [6.07, 6.45) is 3.64. The van der Waals surface area contributed by atoms with E-state index in [-0.39, 0.29) is 24.2 Å². The number of para-hydroxylation sites is 1. The van der Waals surface area contributed by atoms with Crippen LogP contribution in [-0.2, 0) is 22.6 Å². The standard InChI is InChI=1S/C22H27N3O3/c1-3-12-28-22-17(9-7-11-23-22)14-24-21(27)18-13-20(26)25(15-18)19-10-6-5-8-16(19)4-2/h5-11,18H,3-4,12-15H2,1-2H3,(H,24,27). The van der Waals surface area contributed by atoms with Gasteiger partial charge in [0.25, 0.3) is 0 Å². The first kappa shape index (κ1) is 19.9. The summed E-state index contributed by atoms with van der Waals surface area (Å²) in [5, 5.41) is 2.94. The first-order valence-corrected chi connectivity index (χ1v) is 9.86. The van der Waals surface area contributed by atoms with Crippen LogP contribution >= 0.6 is 0 Å². The number of nitrogens with one attached hydrogen (secondary N) is 1. The van der Waals surface area contributed by atoms with Crippen LogP contribution in [0.5, 0.6) is 5.88 Å². The van der Waals surface area contributed by atoms with Crippen molar-refractivity contribution in [2.45, 2.75) is 39.7 Å². The van der Waals surface area contributed by atoms with E-state index >= 15 is 0 Å². The van der Waals surface area contributed by atoms with E-state index in [9.17, 15) is 9.59 Å². The van der Waals surface area contributed by atoms with Gasteiger partial charge in [-0.05, 0) is 30.5 Å². The summed E-state index contributed by atoms with van der Waals surface area (Å²) >= 11 is 0. The number of nitrogens with zero attached hydrogens (tertiary/aromatic N) is 2. The maximum absolute atomic E-state index is 12.7. The van der Waals surface area contributed by atoms with Gasteiger partial charge in [-0.1, -0.05) is 38.1 Å². The van der Waals surface area contributed by atoms with E-state index in [1.165, 1.54) is 0 Å². The predicted molar refractivity (Wildman–Crippen MR) is 108 cm³/mol. The van der Waals surface area contributed by atoms with E-state index < -0.39 is 0 Å². The smallest absolute Gasteiger partial charge is 0.227 e. The number of carbonyl (C=O) groups excluding carboxylic acids is 2. The molecule has 6 nitrogen and oxygen atoms in total. The number of carbonyl (C=O) groups is 2. The molecule has 1 aliphatic rings. The predicted octanol–water partition coefficient (Wildman–Crippen LogP) is 3.10. The Labute approximate surface area is 165 Å². The number of hydrogen-bond donors (Lipinski definition) is 1. The molecule has 2 heterocycles. The van der Waals surface area contributed by atoms with Crippen LogP contribution in [-0.4, -0.2) is 29.9 Å². The zero-order chi connectivity index (χ0) is 19.9. The SMILES string of the molecule is CCCOc1ncccc1CNC(=O)C1CC(=O)N(c2ccccc2CC)C1. The molecule has 0 spiro atoms. The molecule has 148 valence electrons. The van der Waals surface area contributed by atoms with Gasteiger partial charge in [0.2, 0.25) is 17.7 Å². The normalized spacial score (nSPS) is 16.3. The molecule has 0 radical (unpaired) electrons. The highest BCUT2D eigenvalue weighted by Crippen LogP contribution is 2.28. The van der Waals surface area contributed by atoms with Gasteiger partial charge in [-0.2, -0.15) is 0 Å². The molecular formula is C22H27N3O3. The first-order valence-electron chi connectivity index (χ1n) is 9.86. The Kier molecular flexibility index (Phi) is 6.63. The summed E-state index contributed by atoms with van der Waals surface area (Å²) in [6.45, 7) is 5.43. The fraction of sp³-hybridized carbons (Fsp3) is 0.409. The van der Waals surface area contributed by atoms with E-state index in [0.717, 1.165) is 29.7 Å². The van der Waals surface area contributed by atoms with Gasteiger partial charge >= 0.3 is 0 Å². The van der Waals surface area contributed by atoms with Crippen LogP contribution in [0.25, 0.3) is 0 Å². The molecule has 1 aromatic heterocycles. The molecule has 0 aliphatic carbocycles. The highest BCUT2D eigenvalue weighted by atomic mass is 16.5. The van der Waals surface area contributed by atoms with Gasteiger partial charge in [-0.3, -0.25) is 9.59 Å². The van der Waals surface area contributed by atoms with E-state index in [4.69, 9.17) is 4.74 Å². The van der Waals surface area contributed by atoms with Crippen molar-refractivity contribution < 1.29 is 14.3 Å². The van der Waals surface area contributed by atoms with Crippen molar-refractivity contribution in [2.24, 2.45) is 5.92 Å². The zero-order valence-corrected chi connectivity index (χ0v) is 16.5. The van der Waals surface area contributed by atoms with E-state index in [1.54, 1.807) is 11.1 Å². The maximum Gasteiger partial charge on any atom is 0.227 e. The Morgan fingerprint density at radius 1 is 1.21 bits per heavy atom. The summed E-state index contributed by atoms with van der Waals surface area (Å²) in [5.41, 5.74) is 2.86. The van der Waals surface area contributed by atoms with Crippen LogP contribution in [0.15, 0.2) is 42.6 Å². The summed E-state index contributed by atoms with van der Waals surface area (Å²) in [4.78, 5) is 31.2. The highest BCUT2D eigenvalue weighted by Gasteiger charge is 2.35. The van der Waals surface area contributed by atoms with Gasteiger partial charge in [0.05, 0.1) is 12.5 Å². The zero-order valence-electron chi connectivity index (χ0n) is 16.5. The number of aromatic nitrogens is 1. The van der Waals surface area contributed by atoms with E-state index in [1.807, 2.05) is 43.3 Å². The summed E-state index contributed by atoms with van der Waals surface area (Å²) < 4.78 is 5.64. The number of pyridine rings is 1. The average molecular weight is 381 g/mol. The molecule has 1 aromatic carbocycles. The van der Waals surface area contributed by atoms with Gasteiger partial charge < -0.3 is 15.0 Å². The lowest BCUT2D eigenvalue weighted by molar-refractivity contribution is -0.126. The fourth-order valence-electron chi connectivity index (χ4n) is 3.40. The lowest BCUT2D eigenvalue weighted by Gasteiger charge is -2.20. The maximum atomic E-state index is 12.7. The molecule has 0 bridgehead atoms. The molecule has 2 amide bonds. The molecule has 1 saturated heterocycles. The van der Waals surface area contributed by atoms with Crippen LogP contribution < -0.4 is 15.0 Å². The third-order valence-electron chi connectivity index (χ3n) is 4.91. The first-order chi connectivity index (χ1) is 13.6. The van der Waals surface area contributed by atoms with Crippen molar-refractivity contribution >= 4 is 17.5 Å². The Bertz CT molecular complexity index is 837. The van der Waals surface area contributed by atoms with Gasteiger partial charge in [0.15, 0.2) is 0 Å². The fourth-order valence-corrected chi connectivity index (χ4v) is 3.40. The molecular weight excluding hydrogens is 354 g/mol. The van der Waals surface area contributed by atoms with Crippen LogP contribution in [0.3, 0.4) is 0 Å². The van der Waals surface area contributed by atoms with Gasteiger partial charge in [0.1, 0.15) is 0 Å². The van der Waals surface area contributed by atoms with Crippen LogP contribution in [0, 0.1) is 5.92 Å². The lowest BCUT2D eigenvalue weighted by atomic mass is 10.1. The average Bonchev–Trinajstić information content (AvgIpc) is 3.12. The molecule has 1 aliphatic heterocycles. The van der Waals surface area contributed by atoms with Crippen molar-refractivity contribution in [1.82, 2.24) is 10.3 Å². The second-order valence-corrected chi connectivity index (χ2v) is 6.92. The van der Waals surface area contributed by atoms with Crippen molar-refractivity contribution in [2.75, 3.05) is 18.1 Å². The Balaban J connectivity index is 1.63. The number of anilines is 1. The topological polar surface area (TPSA) is 71.5 Å². The molecule has 28 heavy (non-hydrogen) atoms. The quantitative estimate of drug-likeness (QED) is 0.763. The van der Waals surface area contributed by atoms with Crippen LogP contribution in [0.2, 0.25) is 0 Å².